The van der Waals surface area contributed by atoms with Crippen molar-refractivity contribution in [3.63, 3.8) is 0 Å². The van der Waals surface area contributed by atoms with Crippen molar-refractivity contribution in [3.8, 4) is 5.75 Å². The zero-order chi connectivity index (χ0) is 12.3. The molecule has 0 bridgehead atoms. The molecule has 1 fully saturated rings. The average molecular weight is 235 g/mol. The summed E-state index contributed by atoms with van der Waals surface area (Å²) in [5.41, 5.74) is 2.59. The summed E-state index contributed by atoms with van der Waals surface area (Å²) in [5, 5.41) is 3.48. The summed E-state index contributed by atoms with van der Waals surface area (Å²) in [4.78, 5) is 0. The van der Waals surface area contributed by atoms with Crippen molar-refractivity contribution < 1.29 is 9.47 Å². The SMILES string of the molecule is CNC1(c2ccc(OC)c(C)c2)CCOCC1. The molecule has 1 N–H and O–H groups in total. The number of hydrogen-bond donors (Lipinski definition) is 1. The fourth-order valence-electron chi connectivity index (χ4n) is 2.58. The first-order chi connectivity index (χ1) is 8.22. The zero-order valence-electron chi connectivity index (χ0n) is 10.9. The second kappa shape index (κ2) is 5.07. The van der Waals surface area contributed by atoms with Crippen LogP contribution in [-0.2, 0) is 10.3 Å². The van der Waals surface area contributed by atoms with Gasteiger partial charge in [-0.05, 0) is 44.0 Å². The van der Waals surface area contributed by atoms with Crippen LogP contribution in [0.1, 0.15) is 24.0 Å². The molecule has 17 heavy (non-hydrogen) atoms. The Kier molecular flexibility index (Phi) is 3.69. The van der Waals surface area contributed by atoms with Crippen LogP contribution in [0.5, 0.6) is 5.75 Å². The molecule has 0 aliphatic carbocycles. The first-order valence-electron chi connectivity index (χ1n) is 6.13. The van der Waals surface area contributed by atoms with E-state index in [0.29, 0.717) is 0 Å². The predicted molar refractivity (Wildman–Crippen MR) is 68.5 cm³/mol. The van der Waals surface area contributed by atoms with E-state index in [1.54, 1.807) is 7.11 Å². The van der Waals surface area contributed by atoms with E-state index in [0.717, 1.165) is 31.8 Å². The lowest BCUT2D eigenvalue weighted by Gasteiger charge is -2.37. The topological polar surface area (TPSA) is 30.5 Å². The Morgan fingerprint density at radius 1 is 1.29 bits per heavy atom. The predicted octanol–water partition coefficient (Wildman–Crippen LogP) is 2.23. The molecular weight excluding hydrogens is 214 g/mol. The highest BCUT2D eigenvalue weighted by molar-refractivity contribution is 5.39. The van der Waals surface area contributed by atoms with Gasteiger partial charge in [-0.25, -0.2) is 0 Å². The summed E-state index contributed by atoms with van der Waals surface area (Å²) in [5.74, 6) is 0.951. The molecule has 0 amide bonds. The van der Waals surface area contributed by atoms with E-state index in [9.17, 15) is 0 Å². The Balaban J connectivity index is 2.33. The van der Waals surface area contributed by atoms with Crippen molar-refractivity contribution in [1.29, 1.82) is 0 Å². The monoisotopic (exact) mass is 235 g/mol. The van der Waals surface area contributed by atoms with Gasteiger partial charge in [-0.15, -0.1) is 0 Å². The summed E-state index contributed by atoms with van der Waals surface area (Å²) in [7, 11) is 3.75. The van der Waals surface area contributed by atoms with Gasteiger partial charge in [-0.1, -0.05) is 12.1 Å². The van der Waals surface area contributed by atoms with E-state index in [4.69, 9.17) is 9.47 Å². The summed E-state index contributed by atoms with van der Waals surface area (Å²) in [6, 6.07) is 6.44. The number of nitrogens with one attached hydrogen (secondary N) is 1. The van der Waals surface area contributed by atoms with Gasteiger partial charge in [0.1, 0.15) is 5.75 Å². The minimum Gasteiger partial charge on any atom is -0.496 e. The molecule has 1 heterocycles. The molecule has 1 aliphatic heterocycles. The molecule has 0 saturated carbocycles. The van der Waals surface area contributed by atoms with Gasteiger partial charge in [0, 0.05) is 18.8 Å². The largest absolute Gasteiger partial charge is 0.496 e. The van der Waals surface area contributed by atoms with Crippen LogP contribution in [-0.4, -0.2) is 27.4 Å². The fourth-order valence-corrected chi connectivity index (χ4v) is 2.58. The smallest absolute Gasteiger partial charge is 0.121 e. The van der Waals surface area contributed by atoms with Crippen molar-refractivity contribution >= 4 is 0 Å². The van der Waals surface area contributed by atoms with Crippen LogP contribution in [0.15, 0.2) is 18.2 Å². The second-order valence-corrected chi connectivity index (χ2v) is 4.63. The maximum absolute atomic E-state index is 5.46. The maximum atomic E-state index is 5.46. The normalized spacial score (nSPS) is 19.0. The lowest BCUT2D eigenvalue weighted by Crippen LogP contribution is -2.44. The van der Waals surface area contributed by atoms with Crippen molar-refractivity contribution in [1.82, 2.24) is 5.32 Å². The third-order valence-electron chi connectivity index (χ3n) is 3.77. The third kappa shape index (κ3) is 2.31. The molecule has 0 radical (unpaired) electrons. The van der Waals surface area contributed by atoms with Crippen LogP contribution in [0.3, 0.4) is 0 Å². The molecule has 1 saturated heterocycles. The highest BCUT2D eigenvalue weighted by atomic mass is 16.5. The Bertz CT molecular complexity index is 384. The minimum atomic E-state index is 0.0648. The van der Waals surface area contributed by atoms with Gasteiger partial charge in [0.05, 0.1) is 7.11 Å². The van der Waals surface area contributed by atoms with Crippen molar-refractivity contribution in [2.45, 2.75) is 25.3 Å². The minimum absolute atomic E-state index is 0.0648. The zero-order valence-corrected chi connectivity index (χ0v) is 10.9. The first kappa shape index (κ1) is 12.4. The number of ether oxygens (including phenoxy) is 2. The van der Waals surface area contributed by atoms with Gasteiger partial charge in [0.2, 0.25) is 0 Å². The van der Waals surface area contributed by atoms with E-state index in [2.05, 4.69) is 30.4 Å². The van der Waals surface area contributed by atoms with Gasteiger partial charge in [0.25, 0.3) is 0 Å². The third-order valence-corrected chi connectivity index (χ3v) is 3.77. The quantitative estimate of drug-likeness (QED) is 0.871. The van der Waals surface area contributed by atoms with E-state index < -0.39 is 0 Å². The van der Waals surface area contributed by atoms with Crippen LogP contribution in [0, 0.1) is 6.92 Å². The number of aryl methyl sites for hydroxylation is 1. The van der Waals surface area contributed by atoms with Crippen molar-refractivity contribution in [2.24, 2.45) is 0 Å². The lowest BCUT2D eigenvalue weighted by atomic mass is 9.82. The molecule has 3 heteroatoms. The summed E-state index contributed by atoms with van der Waals surface area (Å²) in [6.45, 7) is 3.74. The molecule has 0 aromatic heterocycles. The number of hydrogen-bond acceptors (Lipinski definition) is 3. The van der Waals surface area contributed by atoms with Gasteiger partial charge in [-0.3, -0.25) is 0 Å². The van der Waals surface area contributed by atoms with Gasteiger partial charge >= 0.3 is 0 Å². The lowest BCUT2D eigenvalue weighted by molar-refractivity contribution is 0.0398. The number of benzene rings is 1. The van der Waals surface area contributed by atoms with Crippen LogP contribution >= 0.6 is 0 Å². The second-order valence-electron chi connectivity index (χ2n) is 4.63. The fraction of sp³-hybridized carbons (Fsp3) is 0.571. The van der Waals surface area contributed by atoms with E-state index in [1.165, 1.54) is 11.1 Å². The van der Waals surface area contributed by atoms with E-state index in [-0.39, 0.29) is 5.54 Å². The molecule has 1 aliphatic rings. The average Bonchev–Trinajstić information content (AvgIpc) is 2.39. The molecule has 1 aromatic rings. The Morgan fingerprint density at radius 3 is 2.53 bits per heavy atom. The maximum Gasteiger partial charge on any atom is 0.121 e. The molecule has 0 unspecified atom stereocenters. The molecular formula is C14H21NO2. The molecule has 94 valence electrons. The highest BCUT2D eigenvalue weighted by Gasteiger charge is 2.32. The van der Waals surface area contributed by atoms with Crippen molar-refractivity contribution in [3.05, 3.63) is 29.3 Å². The van der Waals surface area contributed by atoms with Gasteiger partial charge in [-0.2, -0.15) is 0 Å². The molecule has 1 aromatic carbocycles. The van der Waals surface area contributed by atoms with Crippen LogP contribution in [0.4, 0.5) is 0 Å². The van der Waals surface area contributed by atoms with Crippen LogP contribution < -0.4 is 10.1 Å². The van der Waals surface area contributed by atoms with Gasteiger partial charge < -0.3 is 14.8 Å². The first-order valence-corrected chi connectivity index (χ1v) is 6.13. The number of rotatable bonds is 3. The van der Waals surface area contributed by atoms with Crippen LogP contribution in [0.2, 0.25) is 0 Å². The van der Waals surface area contributed by atoms with Crippen LogP contribution in [0.25, 0.3) is 0 Å². The van der Waals surface area contributed by atoms with E-state index in [1.807, 2.05) is 7.05 Å². The number of methoxy groups -OCH3 is 1. The van der Waals surface area contributed by atoms with E-state index >= 15 is 0 Å². The Morgan fingerprint density at radius 2 is 2.00 bits per heavy atom. The molecule has 2 rings (SSSR count). The summed E-state index contributed by atoms with van der Waals surface area (Å²) >= 11 is 0. The highest BCUT2D eigenvalue weighted by Crippen LogP contribution is 2.33. The van der Waals surface area contributed by atoms with Gasteiger partial charge in [0.15, 0.2) is 0 Å². The summed E-state index contributed by atoms with van der Waals surface area (Å²) < 4.78 is 10.8. The van der Waals surface area contributed by atoms with Crippen molar-refractivity contribution in [2.75, 3.05) is 27.4 Å². The molecule has 3 nitrogen and oxygen atoms in total. The summed E-state index contributed by atoms with van der Waals surface area (Å²) in [6.07, 6.45) is 2.05. The molecule has 0 spiro atoms. The standard InChI is InChI=1S/C14H21NO2/c1-11-10-12(4-5-13(11)16-3)14(15-2)6-8-17-9-7-14/h4-5,10,15H,6-9H2,1-3H3. The Labute approximate surface area is 103 Å². The molecule has 0 atom stereocenters. The Hall–Kier alpha value is -1.06.